The molecular weight excluding hydrogens is 383 g/mol. The first-order valence-electron chi connectivity index (χ1n) is 9.31. The third-order valence-electron chi connectivity index (χ3n) is 4.99. The van der Waals surface area contributed by atoms with Crippen LogP contribution in [0.15, 0.2) is 47.0 Å². The van der Waals surface area contributed by atoms with Gasteiger partial charge in [0.25, 0.3) is 5.91 Å². The van der Waals surface area contributed by atoms with Gasteiger partial charge < -0.3 is 9.42 Å². The zero-order valence-electron chi connectivity index (χ0n) is 15.4. The van der Waals surface area contributed by atoms with Crippen molar-refractivity contribution in [1.82, 2.24) is 15.0 Å². The number of benzene rings is 2. The van der Waals surface area contributed by atoms with Crippen molar-refractivity contribution in [2.75, 3.05) is 13.1 Å². The van der Waals surface area contributed by atoms with Gasteiger partial charge in [0.1, 0.15) is 5.82 Å². The fraction of sp³-hybridized carbons (Fsp3) is 0.286. The summed E-state index contributed by atoms with van der Waals surface area (Å²) in [7, 11) is 0. The van der Waals surface area contributed by atoms with Crippen molar-refractivity contribution in [3.63, 3.8) is 0 Å². The number of rotatable bonds is 4. The SMILES string of the molecule is O=C(c1ccc(F)c(F)c1)N1CCCC(c2noc(Cc3ccc(F)cc3)n2)C1. The molecule has 1 aliphatic rings. The molecule has 1 atom stereocenters. The molecule has 2 heterocycles. The number of likely N-dealkylation sites (tertiary alicyclic amines) is 1. The number of nitrogens with zero attached hydrogens (tertiary/aromatic N) is 3. The monoisotopic (exact) mass is 401 g/mol. The molecule has 0 bridgehead atoms. The van der Waals surface area contributed by atoms with Gasteiger partial charge >= 0.3 is 0 Å². The van der Waals surface area contributed by atoms with Crippen LogP contribution in [0, 0.1) is 17.5 Å². The van der Waals surface area contributed by atoms with E-state index in [9.17, 15) is 18.0 Å². The van der Waals surface area contributed by atoms with Gasteiger partial charge in [-0.15, -0.1) is 0 Å². The molecule has 1 saturated heterocycles. The minimum atomic E-state index is -1.05. The van der Waals surface area contributed by atoms with Crippen molar-refractivity contribution in [3.05, 3.63) is 82.8 Å². The topological polar surface area (TPSA) is 59.2 Å². The lowest BCUT2D eigenvalue weighted by Gasteiger charge is -2.31. The smallest absolute Gasteiger partial charge is 0.253 e. The molecule has 2 aromatic carbocycles. The van der Waals surface area contributed by atoms with Crippen molar-refractivity contribution in [1.29, 1.82) is 0 Å². The average Bonchev–Trinajstić information content (AvgIpc) is 3.20. The molecular formula is C21H18F3N3O2. The first-order valence-corrected chi connectivity index (χ1v) is 9.31. The van der Waals surface area contributed by atoms with Crippen LogP contribution in [-0.4, -0.2) is 34.0 Å². The van der Waals surface area contributed by atoms with E-state index < -0.39 is 11.6 Å². The quantitative estimate of drug-likeness (QED) is 0.661. The maximum absolute atomic E-state index is 13.5. The van der Waals surface area contributed by atoms with Gasteiger partial charge in [-0.25, -0.2) is 13.2 Å². The standard InChI is InChI=1S/C21H18F3N3O2/c22-16-6-3-13(4-7-16)10-19-25-20(26-29-19)15-2-1-9-27(12-15)21(28)14-5-8-17(23)18(24)11-14/h3-8,11,15H,1-2,9-10,12H2. The van der Waals surface area contributed by atoms with E-state index in [2.05, 4.69) is 10.1 Å². The van der Waals surface area contributed by atoms with Crippen LogP contribution in [0.2, 0.25) is 0 Å². The largest absolute Gasteiger partial charge is 0.339 e. The van der Waals surface area contributed by atoms with Crippen molar-refractivity contribution in [2.24, 2.45) is 0 Å². The Balaban J connectivity index is 1.44. The first kappa shape index (κ1) is 19.2. The number of carbonyl (C=O) groups is 1. The van der Waals surface area contributed by atoms with Gasteiger partial charge in [-0.3, -0.25) is 4.79 Å². The van der Waals surface area contributed by atoms with Crippen molar-refractivity contribution < 1.29 is 22.5 Å². The van der Waals surface area contributed by atoms with E-state index in [0.29, 0.717) is 31.2 Å². The van der Waals surface area contributed by atoms with Gasteiger partial charge in [-0.2, -0.15) is 4.98 Å². The van der Waals surface area contributed by atoms with E-state index in [1.165, 1.54) is 18.2 Å². The third-order valence-corrected chi connectivity index (χ3v) is 4.99. The zero-order valence-corrected chi connectivity index (χ0v) is 15.4. The van der Waals surface area contributed by atoms with Crippen LogP contribution in [0.25, 0.3) is 0 Å². The van der Waals surface area contributed by atoms with Gasteiger partial charge in [0.2, 0.25) is 5.89 Å². The molecule has 150 valence electrons. The fourth-order valence-electron chi connectivity index (χ4n) is 3.47. The molecule has 3 aromatic rings. The summed E-state index contributed by atoms with van der Waals surface area (Å²) in [4.78, 5) is 18.7. The molecule has 5 nitrogen and oxygen atoms in total. The number of hydrogen-bond donors (Lipinski definition) is 0. The predicted molar refractivity (Wildman–Crippen MR) is 97.7 cm³/mol. The van der Waals surface area contributed by atoms with Crippen LogP contribution in [0.4, 0.5) is 13.2 Å². The highest BCUT2D eigenvalue weighted by molar-refractivity contribution is 5.94. The average molecular weight is 401 g/mol. The summed E-state index contributed by atoms with van der Waals surface area (Å²) in [5, 5.41) is 4.04. The molecule has 1 fully saturated rings. The second-order valence-corrected chi connectivity index (χ2v) is 7.07. The maximum Gasteiger partial charge on any atom is 0.253 e. The van der Waals surface area contributed by atoms with E-state index in [1.54, 1.807) is 17.0 Å². The van der Waals surface area contributed by atoms with Crippen LogP contribution in [-0.2, 0) is 6.42 Å². The minimum Gasteiger partial charge on any atom is -0.339 e. The Morgan fingerprint density at radius 1 is 1.10 bits per heavy atom. The lowest BCUT2D eigenvalue weighted by Crippen LogP contribution is -2.39. The Morgan fingerprint density at radius 2 is 1.90 bits per heavy atom. The summed E-state index contributed by atoms with van der Waals surface area (Å²) in [6.07, 6.45) is 1.91. The van der Waals surface area contributed by atoms with Gasteiger partial charge in [0.05, 0.1) is 6.42 Å². The highest BCUT2D eigenvalue weighted by Crippen LogP contribution is 2.26. The number of halogens is 3. The number of amides is 1. The highest BCUT2D eigenvalue weighted by atomic mass is 19.2. The normalized spacial score (nSPS) is 16.8. The second kappa shape index (κ2) is 8.06. The van der Waals surface area contributed by atoms with Crippen LogP contribution in [0.1, 0.15) is 46.4 Å². The Hall–Kier alpha value is -3.16. The number of piperidine rings is 1. The lowest BCUT2D eigenvalue weighted by atomic mass is 9.96. The summed E-state index contributed by atoms with van der Waals surface area (Å²) >= 11 is 0. The molecule has 29 heavy (non-hydrogen) atoms. The minimum absolute atomic E-state index is 0.106. The molecule has 8 heteroatoms. The molecule has 1 amide bonds. The summed E-state index contributed by atoms with van der Waals surface area (Å²) in [5.41, 5.74) is 0.954. The molecule has 1 aliphatic heterocycles. The molecule has 0 aliphatic carbocycles. The van der Waals surface area contributed by atoms with E-state index in [0.717, 1.165) is 30.5 Å². The number of hydrogen-bond acceptors (Lipinski definition) is 4. The Bertz CT molecular complexity index is 1020. The maximum atomic E-state index is 13.5. The molecule has 4 rings (SSSR count). The first-order chi connectivity index (χ1) is 14.0. The second-order valence-electron chi connectivity index (χ2n) is 7.07. The van der Waals surface area contributed by atoms with E-state index >= 15 is 0 Å². The molecule has 0 saturated carbocycles. The Kier molecular flexibility index (Phi) is 5.33. The third kappa shape index (κ3) is 4.31. The van der Waals surface area contributed by atoms with Gasteiger partial charge in [-0.05, 0) is 48.7 Å². The number of carbonyl (C=O) groups excluding carboxylic acids is 1. The molecule has 1 unspecified atom stereocenters. The summed E-state index contributed by atoms with van der Waals surface area (Å²) in [5.74, 6) is -1.90. The summed E-state index contributed by atoms with van der Waals surface area (Å²) in [6, 6.07) is 9.19. The van der Waals surface area contributed by atoms with E-state index in [1.807, 2.05) is 0 Å². The number of aromatic nitrogens is 2. The Morgan fingerprint density at radius 3 is 2.66 bits per heavy atom. The molecule has 0 radical (unpaired) electrons. The highest BCUT2D eigenvalue weighted by Gasteiger charge is 2.29. The van der Waals surface area contributed by atoms with Crippen LogP contribution >= 0.6 is 0 Å². The molecule has 0 spiro atoms. The van der Waals surface area contributed by atoms with Crippen LogP contribution in [0.5, 0.6) is 0 Å². The van der Waals surface area contributed by atoms with Crippen molar-refractivity contribution in [3.8, 4) is 0 Å². The van der Waals surface area contributed by atoms with Crippen LogP contribution < -0.4 is 0 Å². The summed E-state index contributed by atoms with van der Waals surface area (Å²) < 4.78 is 44.9. The van der Waals surface area contributed by atoms with Crippen molar-refractivity contribution >= 4 is 5.91 Å². The van der Waals surface area contributed by atoms with E-state index in [-0.39, 0.29) is 23.2 Å². The summed E-state index contributed by atoms with van der Waals surface area (Å²) in [6.45, 7) is 0.891. The Labute approximate surface area is 165 Å². The lowest BCUT2D eigenvalue weighted by molar-refractivity contribution is 0.0703. The molecule has 1 aromatic heterocycles. The van der Waals surface area contributed by atoms with Gasteiger partial charge in [0, 0.05) is 24.6 Å². The van der Waals surface area contributed by atoms with Crippen LogP contribution in [0.3, 0.4) is 0 Å². The van der Waals surface area contributed by atoms with E-state index in [4.69, 9.17) is 4.52 Å². The molecule has 0 N–H and O–H groups in total. The van der Waals surface area contributed by atoms with Crippen molar-refractivity contribution in [2.45, 2.75) is 25.2 Å². The fourth-order valence-corrected chi connectivity index (χ4v) is 3.47. The van der Waals surface area contributed by atoms with Gasteiger partial charge in [-0.1, -0.05) is 17.3 Å². The van der Waals surface area contributed by atoms with Gasteiger partial charge in [0.15, 0.2) is 17.5 Å². The predicted octanol–water partition coefficient (Wildman–Crippen LogP) is 4.10. The zero-order chi connectivity index (χ0) is 20.4.